The molecule has 2 N–H and O–H groups in total. The first-order valence-electron chi connectivity index (χ1n) is 3.22. The van der Waals surface area contributed by atoms with Crippen molar-refractivity contribution in [2.75, 3.05) is 0 Å². The van der Waals surface area contributed by atoms with Gasteiger partial charge in [0.2, 0.25) is 0 Å². The molecular weight excluding hydrogens is 164 g/mol. The van der Waals surface area contributed by atoms with Crippen LogP contribution >= 0.6 is 24.4 Å². The summed E-state index contributed by atoms with van der Waals surface area (Å²) in [6.45, 7) is 3.99. The average molecular weight is 174 g/mol. The first kappa shape index (κ1) is 7.88. The molecule has 0 saturated carbocycles. The number of thiocarbonyl (C=S) groups is 2. The molecule has 1 aliphatic heterocycles. The van der Waals surface area contributed by atoms with Crippen molar-refractivity contribution in [1.82, 2.24) is 10.6 Å². The highest BCUT2D eigenvalue weighted by Crippen LogP contribution is 1.98. The molecule has 0 aromatic carbocycles. The second-order valence-electron chi connectivity index (χ2n) is 2.46. The summed E-state index contributed by atoms with van der Waals surface area (Å²) in [7, 11) is 0. The van der Waals surface area contributed by atoms with Crippen LogP contribution in [0, 0.1) is 0 Å². The van der Waals surface area contributed by atoms with Crippen LogP contribution in [0.5, 0.6) is 0 Å². The molecule has 4 heteroatoms. The van der Waals surface area contributed by atoms with Crippen molar-refractivity contribution < 1.29 is 0 Å². The molecule has 2 nitrogen and oxygen atoms in total. The third kappa shape index (κ3) is 1.44. The molecule has 1 aliphatic rings. The van der Waals surface area contributed by atoms with Crippen LogP contribution in [0.4, 0.5) is 0 Å². The molecule has 56 valence electrons. The van der Waals surface area contributed by atoms with Crippen molar-refractivity contribution in [3.8, 4) is 0 Å². The first-order chi connectivity index (χ1) is 4.61. The molecule has 0 amide bonds. The van der Waals surface area contributed by atoms with Crippen LogP contribution < -0.4 is 10.6 Å². The van der Waals surface area contributed by atoms with Crippen molar-refractivity contribution >= 4 is 34.4 Å². The summed E-state index contributed by atoms with van der Waals surface area (Å²) in [5, 5.41) is 6.21. The van der Waals surface area contributed by atoms with Crippen LogP contribution in [-0.4, -0.2) is 22.1 Å². The van der Waals surface area contributed by atoms with Gasteiger partial charge in [-0.2, -0.15) is 0 Å². The van der Waals surface area contributed by atoms with E-state index in [1.807, 2.05) is 13.8 Å². The summed E-state index contributed by atoms with van der Waals surface area (Å²) in [6, 6.07) is 0.386. The van der Waals surface area contributed by atoms with Gasteiger partial charge in [0.05, 0.1) is 22.1 Å². The van der Waals surface area contributed by atoms with Gasteiger partial charge in [-0.1, -0.05) is 24.4 Å². The number of hydrogen-bond donors (Lipinski definition) is 2. The van der Waals surface area contributed by atoms with Crippen LogP contribution in [-0.2, 0) is 0 Å². The summed E-state index contributed by atoms with van der Waals surface area (Å²) < 4.78 is 0. The summed E-state index contributed by atoms with van der Waals surface area (Å²) in [4.78, 5) is 1.70. The van der Waals surface area contributed by atoms with Crippen LogP contribution in [0.25, 0.3) is 0 Å². The summed E-state index contributed by atoms with van der Waals surface area (Å²) in [6.07, 6.45) is 0. The van der Waals surface area contributed by atoms with Crippen LogP contribution in [0.1, 0.15) is 13.8 Å². The molecule has 0 spiro atoms. The standard InChI is InChI=1S/C6H10N2S2/c1-3-5(9)8-4(2)6(10)7-3/h3-4H,1-2H3,(H,7,10)(H,8,9). The van der Waals surface area contributed by atoms with Crippen molar-refractivity contribution in [3.05, 3.63) is 0 Å². The van der Waals surface area contributed by atoms with E-state index < -0.39 is 0 Å². The van der Waals surface area contributed by atoms with Gasteiger partial charge in [0, 0.05) is 0 Å². The molecule has 2 unspecified atom stereocenters. The highest BCUT2D eigenvalue weighted by Gasteiger charge is 2.21. The molecule has 0 aliphatic carbocycles. The van der Waals surface area contributed by atoms with Gasteiger partial charge in [-0.05, 0) is 13.8 Å². The third-order valence-corrected chi connectivity index (χ3v) is 2.45. The van der Waals surface area contributed by atoms with E-state index in [2.05, 4.69) is 10.6 Å². The highest BCUT2D eigenvalue weighted by atomic mass is 32.1. The summed E-state index contributed by atoms with van der Waals surface area (Å²) in [5.74, 6) is 0. The molecule has 1 rings (SSSR count). The molecule has 1 saturated heterocycles. The number of nitrogens with one attached hydrogen (secondary N) is 2. The van der Waals surface area contributed by atoms with Gasteiger partial charge in [-0.25, -0.2) is 0 Å². The van der Waals surface area contributed by atoms with E-state index in [9.17, 15) is 0 Å². The van der Waals surface area contributed by atoms with Crippen LogP contribution in [0.3, 0.4) is 0 Å². The Balaban J connectivity index is 2.63. The first-order valence-corrected chi connectivity index (χ1v) is 4.03. The van der Waals surface area contributed by atoms with Crippen molar-refractivity contribution in [2.45, 2.75) is 25.9 Å². The minimum atomic E-state index is 0.193. The lowest BCUT2D eigenvalue weighted by Gasteiger charge is -2.29. The Kier molecular flexibility index (Phi) is 2.21. The zero-order valence-electron chi connectivity index (χ0n) is 5.97. The molecular formula is C6H10N2S2. The lowest BCUT2D eigenvalue weighted by Crippen LogP contribution is -2.57. The van der Waals surface area contributed by atoms with Crippen molar-refractivity contribution in [1.29, 1.82) is 0 Å². The van der Waals surface area contributed by atoms with E-state index in [1.54, 1.807) is 0 Å². The minimum absolute atomic E-state index is 0.193. The van der Waals surface area contributed by atoms with Gasteiger partial charge < -0.3 is 10.6 Å². The maximum atomic E-state index is 5.03. The quantitative estimate of drug-likeness (QED) is 0.526. The second-order valence-corrected chi connectivity index (χ2v) is 3.34. The van der Waals surface area contributed by atoms with Gasteiger partial charge in [-0.3, -0.25) is 0 Å². The molecule has 1 fully saturated rings. The Morgan fingerprint density at radius 1 is 1.00 bits per heavy atom. The normalized spacial score (nSPS) is 33.0. The predicted octanol–water partition coefficient (Wildman–Crippen LogP) is 0.611. The minimum Gasteiger partial charge on any atom is -0.369 e. The molecule has 0 radical (unpaired) electrons. The molecule has 2 atom stereocenters. The molecule has 0 bridgehead atoms. The van der Waals surface area contributed by atoms with E-state index in [1.165, 1.54) is 0 Å². The molecule has 10 heavy (non-hydrogen) atoms. The van der Waals surface area contributed by atoms with E-state index in [-0.39, 0.29) is 12.1 Å². The monoisotopic (exact) mass is 174 g/mol. The van der Waals surface area contributed by atoms with Gasteiger partial charge in [0.1, 0.15) is 0 Å². The topological polar surface area (TPSA) is 24.1 Å². The smallest absolute Gasteiger partial charge is 0.0982 e. The Labute approximate surface area is 71.4 Å². The van der Waals surface area contributed by atoms with Gasteiger partial charge in [0.15, 0.2) is 0 Å². The predicted molar refractivity (Wildman–Crippen MR) is 50.4 cm³/mol. The SMILES string of the molecule is CC1NC(=S)C(C)NC1=S. The lowest BCUT2D eigenvalue weighted by atomic mass is 10.2. The molecule has 0 aromatic heterocycles. The van der Waals surface area contributed by atoms with E-state index >= 15 is 0 Å². The molecule has 0 aromatic rings. The van der Waals surface area contributed by atoms with Gasteiger partial charge >= 0.3 is 0 Å². The van der Waals surface area contributed by atoms with E-state index in [4.69, 9.17) is 24.4 Å². The fourth-order valence-corrected chi connectivity index (χ4v) is 1.28. The van der Waals surface area contributed by atoms with Crippen LogP contribution in [0.15, 0.2) is 0 Å². The van der Waals surface area contributed by atoms with Gasteiger partial charge in [0.25, 0.3) is 0 Å². The summed E-state index contributed by atoms with van der Waals surface area (Å²) >= 11 is 10.1. The Morgan fingerprint density at radius 3 is 1.60 bits per heavy atom. The fraction of sp³-hybridized carbons (Fsp3) is 0.667. The van der Waals surface area contributed by atoms with E-state index in [0.717, 1.165) is 9.98 Å². The fourth-order valence-electron chi connectivity index (χ4n) is 0.808. The maximum absolute atomic E-state index is 5.03. The highest BCUT2D eigenvalue weighted by molar-refractivity contribution is 7.81. The Bertz CT molecular complexity index is 159. The van der Waals surface area contributed by atoms with E-state index in [0.29, 0.717) is 0 Å². The van der Waals surface area contributed by atoms with Crippen molar-refractivity contribution in [3.63, 3.8) is 0 Å². The maximum Gasteiger partial charge on any atom is 0.0982 e. The second kappa shape index (κ2) is 2.80. The largest absolute Gasteiger partial charge is 0.369 e. The third-order valence-electron chi connectivity index (χ3n) is 1.50. The van der Waals surface area contributed by atoms with Crippen LogP contribution in [0.2, 0.25) is 0 Å². The average Bonchev–Trinajstić information content (AvgIpc) is 1.84. The number of piperazine rings is 1. The lowest BCUT2D eigenvalue weighted by molar-refractivity contribution is 0.703. The van der Waals surface area contributed by atoms with Crippen molar-refractivity contribution in [2.24, 2.45) is 0 Å². The Morgan fingerprint density at radius 2 is 1.30 bits per heavy atom. The molecule has 1 heterocycles. The number of rotatable bonds is 0. The Hall–Kier alpha value is -0.220. The van der Waals surface area contributed by atoms with Gasteiger partial charge in [-0.15, -0.1) is 0 Å². The zero-order valence-corrected chi connectivity index (χ0v) is 7.60. The zero-order chi connectivity index (χ0) is 7.72. The summed E-state index contributed by atoms with van der Waals surface area (Å²) in [5.41, 5.74) is 0. The number of hydrogen-bond acceptors (Lipinski definition) is 2.